The van der Waals surface area contributed by atoms with Gasteiger partial charge >= 0.3 is 5.97 Å². The van der Waals surface area contributed by atoms with Gasteiger partial charge in [0.1, 0.15) is 6.61 Å². The number of nitrogens with zero attached hydrogens (tertiary/aromatic N) is 4. The lowest BCUT2D eigenvalue weighted by molar-refractivity contribution is 0.0542. The third-order valence-corrected chi connectivity index (χ3v) is 3.08. The summed E-state index contributed by atoms with van der Waals surface area (Å²) in [7, 11) is 0. The molecule has 0 saturated carbocycles. The Morgan fingerprint density at radius 1 is 1.55 bits per heavy atom. The Kier molecular flexibility index (Phi) is 4.62. The van der Waals surface area contributed by atoms with E-state index in [9.17, 15) is 4.79 Å². The third kappa shape index (κ3) is 3.30. The van der Waals surface area contributed by atoms with Gasteiger partial charge in [-0.15, -0.1) is 5.10 Å². The molecule has 6 nitrogen and oxygen atoms in total. The zero-order chi connectivity index (χ0) is 14.5. The highest BCUT2D eigenvalue weighted by atomic mass is 79.9. The molecule has 0 spiro atoms. The number of halogens is 1. The number of hydrogen-bond donors (Lipinski definition) is 0. The minimum absolute atomic E-state index is 0.152. The fourth-order valence-electron chi connectivity index (χ4n) is 1.56. The van der Waals surface area contributed by atoms with E-state index in [1.54, 1.807) is 17.8 Å². The largest absolute Gasteiger partial charge is 0.457 e. The lowest BCUT2D eigenvalue weighted by atomic mass is 10.3. The molecule has 0 bridgehead atoms. The van der Waals surface area contributed by atoms with Crippen molar-refractivity contribution in [2.75, 3.05) is 6.61 Å². The van der Waals surface area contributed by atoms with Crippen LogP contribution in [0.2, 0.25) is 0 Å². The van der Waals surface area contributed by atoms with E-state index >= 15 is 0 Å². The Hall–Kier alpha value is -2.02. The van der Waals surface area contributed by atoms with Crippen molar-refractivity contribution >= 4 is 21.9 Å². The number of hydrogen-bond acceptors (Lipinski definition) is 5. The summed E-state index contributed by atoms with van der Waals surface area (Å²) in [6.45, 7) is 5.85. The van der Waals surface area contributed by atoms with Crippen molar-refractivity contribution < 1.29 is 9.53 Å². The van der Waals surface area contributed by atoms with Gasteiger partial charge in [-0.25, -0.2) is 9.48 Å². The zero-order valence-electron chi connectivity index (χ0n) is 10.9. The number of carbonyl (C=O) groups excluding carboxylic acids is 1. The average molecular weight is 337 g/mol. The number of aromatic nitrogens is 4. The Balaban J connectivity index is 2.14. The van der Waals surface area contributed by atoms with Crippen LogP contribution in [-0.4, -0.2) is 32.6 Å². The van der Waals surface area contributed by atoms with Crippen molar-refractivity contribution in [1.82, 2.24) is 20.0 Å². The van der Waals surface area contributed by atoms with Gasteiger partial charge in [-0.3, -0.25) is 4.98 Å². The molecular formula is C13H13BrN4O2. The zero-order valence-corrected chi connectivity index (χ0v) is 12.5. The van der Waals surface area contributed by atoms with E-state index in [2.05, 4.69) is 37.8 Å². The first-order valence-corrected chi connectivity index (χ1v) is 6.69. The SMILES string of the molecule is C=CCOC(=O)c1nnn(Cc2ccc(Br)cn2)c1C. The number of pyridine rings is 1. The number of esters is 1. The van der Waals surface area contributed by atoms with E-state index < -0.39 is 5.97 Å². The lowest BCUT2D eigenvalue weighted by Crippen LogP contribution is -2.09. The first kappa shape index (κ1) is 14.4. The molecule has 0 fully saturated rings. The highest BCUT2D eigenvalue weighted by molar-refractivity contribution is 9.10. The van der Waals surface area contributed by atoms with Crippen molar-refractivity contribution in [2.24, 2.45) is 0 Å². The summed E-state index contributed by atoms with van der Waals surface area (Å²) in [6, 6.07) is 3.77. The molecule has 0 amide bonds. The Morgan fingerprint density at radius 2 is 2.35 bits per heavy atom. The van der Waals surface area contributed by atoms with Gasteiger partial charge in [0.05, 0.1) is 17.9 Å². The predicted molar refractivity (Wildman–Crippen MR) is 76.3 cm³/mol. The highest BCUT2D eigenvalue weighted by Gasteiger charge is 2.17. The van der Waals surface area contributed by atoms with Crippen LogP contribution < -0.4 is 0 Å². The van der Waals surface area contributed by atoms with E-state index in [-0.39, 0.29) is 12.3 Å². The maximum absolute atomic E-state index is 11.7. The molecule has 0 aliphatic carbocycles. The summed E-state index contributed by atoms with van der Waals surface area (Å²) in [6.07, 6.45) is 3.21. The Labute approximate surface area is 124 Å². The van der Waals surface area contributed by atoms with Crippen molar-refractivity contribution in [3.05, 3.63) is 52.5 Å². The van der Waals surface area contributed by atoms with Gasteiger partial charge in [0.25, 0.3) is 0 Å². The third-order valence-electron chi connectivity index (χ3n) is 2.61. The molecule has 0 unspecified atom stereocenters. The molecule has 0 N–H and O–H groups in total. The monoisotopic (exact) mass is 336 g/mol. The summed E-state index contributed by atoms with van der Waals surface area (Å²) in [5, 5.41) is 7.80. The van der Waals surface area contributed by atoms with Gasteiger partial charge in [0.2, 0.25) is 0 Å². The van der Waals surface area contributed by atoms with Crippen LogP contribution in [0.3, 0.4) is 0 Å². The second kappa shape index (κ2) is 6.42. The van der Waals surface area contributed by atoms with Crippen molar-refractivity contribution in [1.29, 1.82) is 0 Å². The van der Waals surface area contributed by atoms with Gasteiger partial charge in [-0.2, -0.15) is 0 Å². The fourth-order valence-corrected chi connectivity index (χ4v) is 1.79. The summed E-state index contributed by atoms with van der Waals surface area (Å²) in [5.74, 6) is -0.502. The molecule has 20 heavy (non-hydrogen) atoms. The van der Waals surface area contributed by atoms with E-state index in [1.165, 1.54) is 6.08 Å². The molecular weight excluding hydrogens is 324 g/mol. The van der Waals surface area contributed by atoms with E-state index in [0.717, 1.165) is 10.2 Å². The van der Waals surface area contributed by atoms with Crippen LogP contribution in [0.1, 0.15) is 21.9 Å². The standard InChI is InChI=1S/C13H13BrN4O2/c1-3-6-20-13(19)12-9(2)18(17-16-12)8-11-5-4-10(14)7-15-11/h3-5,7H,1,6,8H2,2H3. The topological polar surface area (TPSA) is 69.9 Å². The maximum atomic E-state index is 11.7. The molecule has 0 aromatic carbocycles. The minimum atomic E-state index is -0.502. The van der Waals surface area contributed by atoms with Crippen molar-refractivity contribution in [3.8, 4) is 0 Å². The minimum Gasteiger partial charge on any atom is -0.457 e. The molecule has 2 rings (SSSR count). The second-order valence-corrected chi connectivity index (χ2v) is 4.95. The molecule has 2 aromatic rings. The predicted octanol–water partition coefficient (Wildman–Crippen LogP) is 2.14. The van der Waals surface area contributed by atoms with E-state index in [1.807, 2.05) is 12.1 Å². The molecule has 0 radical (unpaired) electrons. The van der Waals surface area contributed by atoms with Gasteiger partial charge < -0.3 is 4.74 Å². The van der Waals surface area contributed by atoms with Crippen LogP contribution in [0.25, 0.3) is 0 Å². The second-order valence-electron chi connectivity index (χ2n) is 4.04. The summed E-state index contributed by atoms with van der Waals surface area (Å²) in [5.41, 5.74) is 1.68. The summed E-state index contributed by atoms with van der Waals surface area (Å²) in [4.78, 5) is 16.0. The molecule has 2 heterocycles. The van der Waals surface area contributed by atoms with Gasteiger partial charge in [-0.1, -0.05) is 17.9 Å². The van der Waals surface area contributed by atoms with Gasteiger partial charge in [-0.05, 0) is 35.0 Å². The van der Waals surface area contributed by atoms with Crippen LogP contribution in [0.15, 0.2) is 35.5 Å². The lowest BCUT2D eigenvalue weighted by Gasteiger charge is -2.03. The quantitative estimate of drug-likeness (QED) is 0.618. The fraction of sp³-hybridized carbons (Fsp3) is 0.231. The molecule has 2 aromatic heterocycles. The molecule has 0 atom stereocenters. The van der Waals surface area contributed by atoms with Crippen molar-refractivity contribution in [3.63, 3.8) is 0 Å². The number of carbonyl (C=O) groups is 1. The number of rotatable bonds is 5. The average Bonchev–Trinajstić information content (AvgIpc) is 2.80. The van der Waals surface area contributed by atoms with Crippen LogP contribution in [0, 0.1) is 6.92 Å². The van der Waals surface area contributed by atoms with Crippen LogP contribution in [-0.2, 0) is 11.3 Å². The van der Waals surface area contributed by atoms with Gasteiger partial charge in [0.15, 0.2) is 5.69 Å². The van der Waals surface area contributed by atoms with E-state index in [4.69, 9.17) is 4.74 Å². The first-order valence-electron chi connectivity index (χ1n) is 5.90. The normalized spacial score (nSPS) is 10.3. The first-order chi connectivity index (χ1) is 9.61. The molecule has 0 aliphatic rings. The van der Waals surface area contributed by atoms with E-state index in [0.29, 0.717) is 12.2 Å². The molecule has 0 aliphatic heterocycles. The van der Waals surface area contributed by atoms with Crippen LogP contribution >= 0.6 is 15.9 Å². The van der Waals surface area contributed by atoms with Crippen LogP contribution in [0.4, 0.5) is 0 Å². The van der Waals surface area contributed by atoms with Crippen molar-refractivity contribution in [2.45, 2.75) is 13.5 Å². The van der Waals surface area contributed by atoms with Gasteiger partial charge in [0, 0.05) is 10.7 Å². The summed E-state index contributed by atoms with van der Waals surface area (Å²) >= 11 is 3.33. The maximum Gasteiger partial charge on any atom is 0.361 e. The molecule has 0 saturated heterocycles. The highest BCUT2D eigenvalue weighted by Crippen LogP contribution is 2.11. The molecule has 104 valence electrons. The molecule has 7 heteroatoms. The summed E-state index contributed by atoms with van der Waals surface area (Å²) < 4.78 is 7.46. The Bertz CT molecular complexity index is 622. The smallest absolute Gasteiger partial charge is 0.361 e. The number of ether oxygens (including phenoxy) is 1. The Morgan fingerprint density at radius 3 is 3.00 bits per heavy atom. The van der Waals surface area contributed by atoms with Crippen LogP contribution in [0.5, 0.6) is 0 Å².